The molecule has 1 aromatic carbocycles. The highest BCUT2D eigenvalue weighted by Gasteiger charge is 2.04. The van der Waals surface area contributed by atoms with Gasteiger partial charge in [0.25, 0.3) is 0 Å². The van der Waals surface area contributed by atoms with Gasteiger partial charge in [0.2, 0.25) is 5.88 Å². The van der Waals surface area contributed by atoms with E-state index in [0.717, 1.165) is 22.3 Å². The van der Waals surface area contributed by atoms with E-state index in [2.05, 4.69) is 10.1 Å². The van der Waals surface area contributed by atoms with E-state index in [1.807, 2.05) is 30.3 Å². The van der Waals surface area contributed by atoms with Gasteiger partial charge >= 0.3 is 0 Å². The molecule has 0 aliphatic heterocycles. The van der Waals surface area contributed by atoms with Crippen molar-refractivity contribution in [3.8, 4) is 5.75 Å². The van der Waals surface area contributed by atoms with Gasteiger partial charge in [0.1, 0.15) is 11.3 Å². The highest BCUT2D eigenvalue weighted by atomic mass is 16.5. The molecule has 19 heavy (non-hydrogen) atoms. The van der Waals surface area contributed by atoms with Crippen molar-refractivity contribution in [2.24, 2.45) is 0 Å². The lowest BCUT2D eigenvalue weighted by Gasteiger charge is -2.07. The van der Waals surface area contributed by atoms with Crippen molar-refractivity contribution >= 4 is 16.8 Å². The number of anilines is 1. The van der Waals surface area contributed by atoms with Crippen LogP contribution in [-0.2, 0) is 6.42 Å². The third-order valence-corrected chi connectivity index (χ3v) is 2.79. The average molecular weight is 255 g/mol. The third kappa shape index (κ3) is 2.49. The Balaban J connectivity index is 1.71. The summed E-state index contributed by atoms with van der Waals surface area (Å²) in [5.74, 6) is 1.09. The predicted octanol–water partition coefficient (Wildman–Crippen LogP) is 2.43. The van der Waals surface area contributed by atoms with E-state index in [1.165, 1.54) is 0 Å². The minimum atomic E-state index is 0.321. The molecule has 0 atom stereocenters. The molecule has 0 saturated carbocycles. The number of aromatic nitrogens is 2. The van der Waals surface area contributed by atoms with Crippen LogP contribution in [0.4, 0.5) is 5.88 Å². The number of pyridine rings is 1. The third-order valence-electron chi connectivity index (χ3n) is 2.79. The second-order valence-corrected chi connectivity index (χ2v) is 4.15. The van der Waals surface area contributed by atoms with E-state index < -0.39 is 0 Å². The maximum absolute atomic E-state index is 5.75. The smallest absolute Gasteiger partial charge is 0.222 e. The van der Waals surface area contributed by atoms with Gasteiger partial charge in [-0.15, -0.1) is 0 Å². The van der Waals surface area contributed by atoms with E-state index in [1.54, 1.807) is 12.3 Å². The van der Waals surface area contributed by atoms with E-state index in [4.69, 9.17) is 15.0 Å². The Morgan fingerprint density at radius 3 is 2.95 bits per heavy atom. The molecule has 0 fully saturated rings. The van der Waals surface area contributed by atoms with E-state index >= 15 is 0 Å². The first-order valence-corrected chi connectivity index (χ1v) is 6.00. The quantitative estimate of drug-likeness (QED) is 0.775. The van der Waals surface area contributed by atoms with Crippen molar-refractivity contribution in [1.29, 1.82) is 0 Å². The van der Waals surface area contributed by atoms with Gasteiger partial charge in [-0.3, -0.25) is 4.98 Å². The fourth-order valence-electron chi connectivity index (χ4n) is 1.90. The summed E-state index contributed by atoms with van der Waals surface area (Å²) in [5.41, 5.74) is 7.10. The Morgan fingerprint density at radius 1 is 1.21 bits per heavy atom. The van der Waals surface area contributed by atoms with Gasteiger partial charge in [0.05, 0.1) is 12.3 Å². The van der Waals surface area contributed by atoms with Crippen LogP contribution in [0, 0.1) is 0 Å². The summed E-state index contributed by atoms with van der Waals surface area (Å²) < 4.78 is 10.5. The fourth-order valence-corrected chi connectivity index (χ4v) is 1.90. The number of rotatable bonds is 4. The standard InChI is InChI=1S/C14H13N3O2/c15-13-9-11(17-19-13)6-8-18-12-5-1-3-10-4-2-7-16-14(10)12/h1-5,7,9H,6,8,15H2. The van der Waals surface area contributed by atoms with Crippen molar-refractivity contribution in [1.82, 2.24) is 10.1 Å². The summed E-state index contributed by atoms with van der Waals surface area (Å²) in [6.07, 6.45) is 2.40. The average Bonchev–Trinajstić information content (AvgIpc) is 2.85. The number of nitrogens with zero attached hydrogens (tertiary/aromatic N) is 2. The number of nitrogen functional groups attached to an aromatic ring is 1. The van der Waals surface area contributed by atoms with Gasteiger partial charge < -0.3 is 15.0 Å². The number of fused-ring (bicyclic) bond motifs is 1. The van der Waals surface area contributed by atoms with Crippen molar-refractivity contribution in [3.05, 3.63) is 48.3 Å². The molecule has 2 N–H and O–H groups in total. The first-order valence-electron chi connectivity index (χ1n) is 6.00. The lowest BCUT2D eigenvalue weighted by Crippen LogP contribution is -2.02. The number of nitrogens with two attached hydrogens (primary N) is 1. The van der Waals surface area contributed by atoms with Crippen LogP contribution in [0.15, 0.2) is 47.1 Å². The Bertz CT molecular complexity index is 688. The molecular weight excluding hydrogens is 242 g/mol. The highest BCUT2D eigenvalue weighted by Crippen LogP contribution is 2.23. The van der Waals surface area contributed by atoms with Crippen molar-refractivity contribution < 1.29 is 9.26 Å². The minimum Gasteiger partial charge on any atom is -0.491 e. The monoisotopic (exact) mass is 255 g/mol. The molecule has 0 aliphatic rings. The van der Waals surface area contributed by atoms with E-state index in [9.17, 15) is 0 Å². The molecule has 0 bridgehead atoms. The predicted molar refractivity (Wildman–Crippen MR) is 71.9 cm³/mol. The summed E-state index contributed by atoms with van der Waals surface area (Å²) in [6, 6.07) is 11.5. The van der Waals surface area contributed by atoms with Gasteiger partial charge in [-0.2, -0.15) is 0 Å². The van der Waals surface area contributed by atoms with Crippen molar-refractivity contribution in [3.63, 3.8) is 0 Å². The molecule has 0 radical (unpaired) electrons. The summed E-state index contributed by atoms with van der Waals surface area (Å²) in [4.78, 5) is 4.33. The molecule has 5 nitrogen and oxygen atoms in total. The molecule has 2 heterocycles. The molecule has 3 rings (SSSR count). The van der Waals surface area contributed by atoms with Crippen LogP contribution in [0.3, 0.4) is 0 Å². The summed E-state index contributed by atoms with van der Waals surface area (Å²) in [5, 5.41) is 4.87. The Kier molecular flexibility index (Phi) is 3.02. The molecule has 0 aliphatic carbocycles. The molecule has 0 spiro atoms. The summed E-state index contributed by atoms with van der Waals surface area (Å²) in [7, 11) is 0. The number of benzene rings is 1. The summed E-state index contributed by atoms with van der Waals surface area (Å²) in [6.45, 7) is 0.502. The fraction of sp³-hybridized carbons (Fsp3) is 0.143. The Hall–Kier alpha value is -2.56. The first-order chi connectivity index (χ1) is 9.33. The minimum absolute atomic E-state index is 0.321. The first kappa shape index (κ1) is 11.5. The number of hydrogen-bond donors (Lipinski definition) is 1. The Morgan fingerprint density at radius 2 is 2.11 bits per heavy atom. The molecule has 0 saturated heterocycles. The Labute approximate surface area is 110 Å². The zero-order valence-corrected chi connectivity index (χ0v) is 10.2. The van der Waals surface area contributed by atoms with Crippen LogP contribution >= 0.6 is 0 Å². The zero-order valence-electron chi connectivity index (χ0n) is 10.2. The molecular formula is C14H13N3O2. The SMILES string of the molecule is Nc1cc(CCOc2cccc3cccnc23)no1. The van der Waals surface area contributed by atoms with Crippen LogP contribution < -0.4 is 10.5 Å². The molecule has 2 aromatic heterocycles. The maximum Gasteiger partial charge on any atom is 0.222 e. The normalized spacial score (nSPS) is 10.7. The number of para-hydroxylation sites is 1. The van der Waals surface area contributed by atoms with Crippen LogP contribution in [0.5, 0.6) is 5.75 Å². The van der Waals surface area contributed by atoms with Crippen LogP contribution in [0.2, 0.25) is 0 Å². The largest absolute Gasteiger partial charge is 0.491 e. The van der Waals surface area contributed by atoms with Crippen molar-refractivity contribution in [2.45, 2.75) is 6.42 Å². The topological polar surface area (TPSA) is 74.2 Å². The van der Waals surface area contributed by atoms with E-state index in [-0.39, 0.29) is 0 Å². The van der Waals surface area contributed by atoms with Gasteiger partial charge in [-0.05, 0) is 12.1 Å². The van der Waals surface area contributed by atoms with Gasteiger partial charge in [0.15, 0.2) is 0 Å². The van der Waals surface area contributed by atoms with Crippen molar-refractivity contribution in [2.75, 3.05) is 12.3 Å². The second kappa shape index (κ2) is 4.97. The lowest BCUT2D eigenvalue weighted by molar-refractivity contribution is 0.319. The van der Waals surface area contributed by atoms with Gasteiger partial charge in [0, 0.05) is 24.1 Å². The molecule has 96 valence electrons. The van der Waals surface area contributed by atoms with E-state index in [0.29, 0.717) is 18.9 Å². The molecule has 5 heteroatoms. The molecule has 0 amide bonds. The molecule has 0 unspecified atom stereocenters. The number of hydrogen-bond acceptors (Lipinski definition) is 5. The van der Waals surface area contributed by atoms with Crippen LogP contribution in [-0.4, -0.2) is 16.7 Å². The number of ether oxygens (including phenoxy) is 1. The van der Waals surface area contributed by atoms with Gasteiger partial charge in [-0.1, -0.05) is 23.4 Å². The zero-order chi connectivity index (χ0) is 13.1. The van der Waals surface area contributed by atoms with Crippen LogP contribution in [0.25, 0.3) is 10.9 Å². The highest BCUT2D eigenvalue weighted by molar-refractivity contribution is 5.84. The molecule has 3 aromatic rings. The van der Waals surface area contributed by atoms with Crippen LogP contribution in [0.1, 0.15) is 5.69 Å². The summed E-state index contributed by atoms with van der Waals surface area (Å²) >= 11 is 0. The lowest BCUT2D eigenvalue weighted by atomic mass is 10.2. The maximum atomic E-state index is 5.75. The second-order valence-electron chi connectivity index (χ2n) is 4.15. The van der Waals surface area contributed by atoms with Gasteiger partial charge in [-0.25, -0.2) is 0 Å².